The SMILES string of the molecule is CCCCCNC(=O)c1ccc(C)c(S(=O)(=O)Nc2ccc(C)c(C)c2)c1. The van der Waals surface area contributed by atoms with Gasteiger partial charge >= 0.3 is 0 Å². The maximum atomic E-state index is 12.8. The first-order valence-electron chi connectivity index (χ1n) is 9.23. The number of hydrogen-bond donors (Lipinski definition) is 2. The van der Waals surface area contributed by atoms with E-state index in [1.54, 1.807) is 31.2 Å². The Labute approximate surface area is 162 Å². The van der Waals surface area contributed by atoms with Crippen LogP contribution in [-0.4, -0.2) is 20.9 Å². The molecule has 2 aromatic carbocycles. The lowest BCUT2D eigenvalue weighted by Gasteiger charge is -2.13. The van der Waals surface area contributed by atoms with E-state index in [9.17, 15) is 13.2 Å². The van der Waals surface area contributed by atoms with E-state index in [-0.39, 0.29) is 10.8 Å². The van der Waals surface area contributed by atoms with Crippen molar-refractivity contribution >= 4 is 21.6 Å². The van der Waals surface area contributed by atoms with Crippen LogP contribution in [0.2, 0.25) is 0 Å². The molecule has 27 heavy (non-hydrogen) atoms. The Bertz CT molecular complexity index is 921. The molecular weight excluding hydrogens is 360 g/mol. The summed E-state index contributed by atoms with van der Waals surface area (Å²) >= 11 is 0. The van der Waals surface area contributed by atoms with Crippen molar-refractivity contribution in [3.8, 4) is 0 Å². The number of carbonyl (C=O) groups excluding carboxylic acids is 1. The van der Waals surface area contributed by atoms with E-state index >= 15 is 0 Å². The van der Waals surface area contributed by atoms with Gasteiger partial charge in [-0.25, -0.2) is 8.42 Å². The Balaban J connectivity index is 2.22. The Kier molecular flexibility index (Phi) is 7.02. The highest BCUT2D eigenvalue weighted by Gasteiger charge is 2.19. The van der Waals surface area contributed by atoms with Crippen LogP contribution < -0.4 is 10.0 Å². The topological polar surface area (TPSA) is 75.3 Å². The van der Waals surface area contributed by atoms with E-state index in [0.29, 0.717) is 23.4 Å². The molecule has 0 atom stereocenters. The highest BCUT2D eigenvalue weighted by Crippen LogP contribution is 2.22. The van der Waals surface area contributed by atoms with Crippen molar-refractivity contribution in [3.05, 3.63) is 58.7 Å². The molecule has 146 valence electrons. The largest absolute Gasteiger partial charge is 0.352 e. The van der Waals surface area contributed by atoms with Gasteiger partial charge in [-0.1, -0.05) is 31.9 Å². The van der Waals surface area contributed by atoms with Gasteiger partial charge in [0.05, 0.1) is 4.90 Å². The van der Waals surface area contributed by atoms with Gasteiger partial charge in [-0.05, 0) is 68.1 Å². The van der Waals surface area contributed by atoms with Gasteiger partial charge in [-0.2, -0.15) is 0 Å². The molecule has 1 amide bonds. The summed E-state index contributed by atoms with van der Waals surface area (Å²) in [6.45, 7) is 8.31. The van der Waals surface area contributed by atoms with Gasteiger partial charge in [-0.3, -0.25) is 9.52 Å². The van der Waals surface area contributed by atoms with E-state index in [0.717, 1.165) is 30.4 Å². The summed E-state index contributed by atoms with van der Waals surface area (Å²) in [5, 5.41) is 2.84. The molecule has 5 nitrogen and oxygen atoms in total. The molecule has 0 heterocycles. The molecule has 2 rings (SSSR count). The number of hydrogen-bond acceptors (Lipinski definition) is 3. The van der Waals surface area contributed by atoms with Crippen molar-refractivity contribution in [2.24, 2.45) is 0 Å². The quantitative estimate of drug-likeness (QED) is 0.661. The van der Waals surface area contributed by atoms with Gasteiger partial charge < -0.3 is 5.32 Å². The predicted molar refractivity (Wildman–Crippen MR) is 110 cm³/mol. The zero-order valence-corrected chi connectivity index (χ0v) is 17.2. The summed E-state index contributed by atoms with van der Waals surface area (Å²) in [5.74, 6) is -0.256. The van der Waals surface area contributed by atoms with E-state index in [1.807, 2.05) is 19.9 Å². The van der Waals surface area contributed by atoms with Crippen molar-refractivity contribution in [2.45, 2.75) is 51.9 Å². The van der Waals surface area contributed by atoms with Gasteiger partial charge in [0.1, 0.15) is 0 Å². The van der Waals surface area contributed by atoms with Gasteiger partial charge in [0.15, 0.2) is 0 Å². The number of benzene rings is 2. The highest BCUT2D eigenvalue weighted by atomic mass is 32.2. The third kappa shape index (κ3) is 5.57. The minimum absolute atomic E-state index is 0.113. The lowest BCUT2D eigenvalue weighted by Crippen LogP contribution is -2.25. The van der Waals surface area contributed by atoms with E-state index in [4.69, 9.17) is 0 Å². The monoisotopic (exact) mass is 388 g/mol. The molecule has 0 fully saturated rings. The number of amides is 1. The second-order valence-electron chi connectivity index (χ2n) is 6.85. The predicted octanol–water partition coefficient (Wildman–Crippen LogP) is 4.33. The second kappa shape index (κ2) is 9.04. The van der Waals surface area contributed by atoms with Crippen LogP contribution in [0.5, 0.6) is 0 Å². The molecule has 0 bridgehead atoms. The first-order valence-corrected chi connectivity index (χ1v) is 10.7. The Morgan fingerprint density at radius 2 is 1.63 bits per heavy atom. The fourth-order valence-electron chi connectivity index (χ4n) is 2.72. The molecule has 0 aliphatic heterocycles. The summed E-state index contributed by atoms with van der Waals surface area (Å²) in [6, 6.07) is 10.2. The molecule has 2 N–H and O–H groups in total. The number of unbranched alkanes of at least 4 members (excludes halogenated alkanes) is 2. The summed E-state index contributed by atoms with van der Waals surface area (Å²) in [4.78, 5) is 12.4. The maximum Gasteiger partial charge on any atom is 0.262 e. The molecule has 0 saturated heterocycles. The first kappa shape index (κ1) is 21.0. The molecule has 0 radical (unpaired) electrons. The lowest BCUT2D eigenvalue weighted by atomic mass is 10.1. The van der Waals surface area contributed by atoms with Gasteiger partial charge in [-0.15, -0.1) is 0 Å². The van der Waals surface area contributed by atoms with Crippen LogP contribution in [0.3, 0.4) is 0 Å². The Morgan fingerprint density at radius 3 is 2.30 bits per heavy atom. The van der Waals surface area contributed by atoms with Gasteiger partial charge in [0.2, 0.25) is 0 Å². The average Bonchev–Trinajstić information content (AvgIpc) is 2.61. The van der Waals surface area contributed by atoms with Crippen molar-refractivity contribution in [3.63, 3.8) is 0 Å². The summed E-state index contributed by atoms with van der Waals surface area (Å²) in [7, 11) is -3.79. The fraction of sp³-hybridized carbons (Fsp3) is 0.381. The molecule has 6 heteroatoms. The number of sulfonamides is 1. The van der Waals surface area contributed by atoms with Crippen LogP contribution in [-0.2, 0) is 10.0 Å². The van der Waals surface area contributed by atoms with Gasteiger partial charge in [0, 0.05) is 17.8 Å². The Morgan fingerprint density at radius 1 is 0.926 bits per heavy atom. The standard InChI is InChI=1S/C21H28N2O3S/c1-5-6-7-12-22-21(24)18-10-8-16(3)20(14-18)27(25,26)23-19-11-9-15(2)17(4)13-19/h8-11,13-14,23H,5-7,12H2,1-4H3,(H,22,24). The molecular formula is C21H28N2O3S. The third-order valence-corrected chi connectivity index (χ3v) is 6.09. The second-order valence-corrected chi connectivity index (χ2v) is 8.50. The van der Waals surface area contributed by atoms with Crippen molar-refractivity contribution in [2.75, 3.05) is 11.3 Å². The molecule has 0 aliphatic rings. The number of rotatable bonds is 8. The summed E-state index contributed by atoms with van der Waals surface area (Å²) in [6.07, 6.45) is 3.04. The molecule has 0 unspecified atom stereocenters. The molecule has 0 aliphatic carbocycles. The molecule has 0 aromatic heterocycles. The minimum atomic E-state index is -3.79. The zero-order valence-electron chi connectivity index (χ0n) is 16.4. The van der Waals surface area contributed by atoms with Crippen molar-refractivity contribution in [1.29, 1.82) is 0 Å². The fourth-order valence-corrected chi connectivity index (χ4v) is 4.05. The number of nitrogens with one attached hydrogen (secondary N) is 2. The molecule has 0 saturated carbocycles. The molecule has 2 aromatic rings. The summed E-state index contributed by atoms with van der Waals surface area (Å²) in [5.41, 5.74) is 3.54. The average molecular weight is 389 g/mol. The van der Waals surface area contributed by atoms with Crippen LogP contribution in [0.4, 0.5) is 5.69 Å². The molecule has 0 spiro atoms. The smallest absolute Gasteiger partial charge is 0.262 e. The maximum absolute atomic E-state index is 12.8. The van der Waals surface area contributed by atoms with Crippen LogP contribution in [0.25, 0.3) is 0 Å². The number of carbonyl (C=O) groups is 1. The highest BCUT2D eigenvalue weighted by molar-refractivity contribution is 7.92. The van der Waals surface area contributed by atoms with Crippen LogP contribution in [0, 0.1) is 20.8 Å². The van der Waals surface area contributed by atoms with Crippen molar-refractivity contribution < 1.29 is 13.2 Å². The van der Waals surface area contributed by atoms with Crippen molar-refractivity contribution in [1.82, 2.24) is 5.32 Å². The first-order chi connectivity index (χ1) is 12.7. The number of anilines is 1. The van der Waals surface area contributed by atoms with E-state index in [1.165, 1.54) is 6.07 Å². The summed E-state index contributed by atoms with van der Waals surface area (Å²) < 4.78 is 28.3. The minimum Gasteiger partial charge on any atom is -0.352 e. The van der Waals surface area contributed by atoms with E-state index in [2.05, 4.69) is 17.0 Å². The zero-order chi connectivity index (χ0) is 20.0. The van der Waals surface area contributed by atoms with Crippen LogP contribution in [0.1, 0.15) is 53.2 Å². The lowest BCUT2D eigenvalue weighted by molar-refractivity contribution is 0.0952. The van der Waals surface area contributed by atoms with E-state index < -0.39 is 10.0 Å². The number of aryl methyl sites for hydroxylation is 3. The normalized spacial score (nSPS) is 11.3. The van der Waals surface area contributed by atoms with Gasteiger partial charge in [0.25, 0.3) is 15.9 Å². The third-order valence-electron chi connectivity index (χ3n) is 4.56. The Hall–Kier alpha value is -2.34. The van der Waals surface area contributed by atoms with Crippen LogP contribution >= 0.6 is 0 Å². The van der Waals surface area contributed by atoms with Crippen LogP contribution in [0.15, 0.2) is 41.3 Å².